The van der Waals surface area contributed by atoms with Gasteiger partial charge in [-0.25, -0.2) is 9.78 Å². The molecule has 4 atom stereocenters. The van der Waals surface area contributed by atoms with Crippen molar-refractivity contribution in [1.29, 1.82) is 0 Å². The molecule has 4 amide bonds. The summed E-state index contributed by atoms with van der Waals surface area (Å²) in [5.74, 6) is -4.14. The van der Waals surface area contributed by atoms with Crippen molar-refractivity contribution in [3.05, 3.63) is 18.2 Å². The number of carboxylic acids is 1. The number of aliphatic carboxylic acids is 1. The number of aromatic amines is 1. The summed E-state index contributed by atoms with van der Waals surface area (Å²) in [6.45, 7) is 7.12. The number of primary amides is 1. The van der Waals surface area contributed by atoms with Crippen LogP contribution in [0.5, 0.6) is 0 Å². The molecule has 13 nitrogen and oxygen atoms in total. The maximum atomic E-state index is 13.1. The topological polar surface area (TPSA) is 222 Å². The number of hydrogen-bond acceptors (Lipinski definition) is 7. The molecule has 1 aromatic heterocycles. The number of carboxylic acid groups (broad SMARTS) is 1. The lowest BCUT2D eigenvalue weighted by molar-refractivity contribution is -0.142. The van der Waals surface area contributed by atoms with E-state index in [1.807, 2.05) is 13.8 Å². The summed E-state index contributed by atoms with van der Waals surface area (Å²) in [5.41, 5.74) is 11.6. The highest BCUT2D eigenvalue weighted by molar-refractivity contribution is 5.94. The molecule has 0 aliphatic carbocycles. The van der Waals surface area contributed by atoms with Gasteiger partial charge in [0, 0.05) is 24.7 Å². The lowest BCUT2D eigenvalue weighted by Gasteiger charge is -2.25. The third-order valence-electron chi connectivity index (χ3n) is 5.27. The van der Waals surface area contributed by atoms with Crippen molar-refractivity contribution in [2.45, 2.75) is 77.5 Å². The Morgan fingerprint density at radius 3 is 2.03 bits per heavy atom. The lowest BCUT2D eigenvalue weighted by atomic mass is 10.0. The number of H-pyrrole nitrogens is 1. The number of nitrogens with one attached hydrogen (secondary N) is 4. The molecule has 1 heterocycles. The second-order valence-corrected chi connectivity index (χ2v) is 9.21. The zero-order valence-electron chi connectivity index (χ0n) is 20.5. The van der Waals surface area contributed by atoms with E-state index in [9.17, 15) is 29.1 Å². The second-order valence-electron chi connectivity index (χ2n) is 9.21. The molecular formula is C22H37N7O6. The number of carbonyl (C=O) groups is 5. The Balaban J connectivity index is 3.10. The third kappa shape index (κ3) is 10.5. The summed E-state index contributed by atoms with van der Waals surface area (Å²) in [7, 11) is 0. The number of carbonyl (C=O) groups excluding carboxylic acids is 4. The molecule has 196 valence electrons. The Bertz CT molecular complexity index is 872. The van der Waals surface area contributed by atoms with Crippen molar-refractivity contribution in [3.8, 4) is 0 Å². The van der Waals surface area contributed by atoms with E-state index in [0.29, 0.717) is 5.69 Å². The summed E-state index contributed by atoms with van der Waals surface area (Å²) in [4.78, 5) is 68.2. The van der Waals surface area contributed by atoms with E-state index >= 15 is 0 Å². The smallest absolute Gasteiger partial charge is 0.326 e. The Hall–Kier alpha value is -3.48. The number of nitrogens with two attached hydrogens (primary N) is 2. The number of aromatic nitrogens is 2. The van der Waals surface area contributed by atoms with E-state index in [-0.39, 0.29) is 37.5 Å². The molecule has 13 heteroatoms. The van der Waals surface area contributed by atoms with Crippen molar-refractivity contribution < 1.29 is 29.1 Å². The van der Waals surface area contributed by atoms with E-state index in [1.165, 1.54) is 12.5 Å². The van der Waals surface area contributed by atoms with Gasteiger partial charge in [0.15, 0.2) is 0 Å². The first kappa shape index (κ1) is 29.6. The Labute approximate surface area is 204 Å². The fourth-order valence-corrected chi connectivity index (χ4v) is 3.19. The summed E-state index contributed by atoms with van der Waals surface area (Å²) in [5, 5.41) is 17.0. The molecule has 0 bridgehead atoms. The Morgan fingerprint density at radius 1 is 0.971 bits per heavy atom. The molecule has 35 heavy (non-hydrogen) atoms. The van der Waals surface area contributed by atoms with Gasteiger partial charge in [-0.1, -0.05) is 27.7 Å². The first-order chi connectivity index (χ1) is 16.3. The van der Waals surface area contributed by atoms with Crippen LogP contribution in [0, 0.1) is 11.8 Å². The molecule has 0 saturated heterocycles. The Kier molecular flexibility index (Phi) is 11.9. The quantitative estimate of drug-likeness (QED) is 0.156. The largest absolute Gasteiger partial charge is 0.480 e. The summed E-state index contributed by atoms with van der Waals surface area (Å²) >= 11 is 0. The van der Waals surface area contributed by atoms with Gasteiger partial charge in [0.05, 0.1) is 12.4 Å². The molecule has 0 aromatic carbocycles. The first-order valence-corrected chi connectivity index (χ1v) is 11.5. The van der Waals surface area contributed by atoms with Crippen molar-refractivity contribution >= 4 is 29.6 Å². The van der Waals surface area contributed by atoms with Crippen molar-refractivity contribution in [1.82, 2.24) is 25.9 Å². The predicted octanol–water partition coefficient (Wildman–Crippen LogP) is -1.21. The molecule has 0 aliphatic rings. The van der Waals surface area contributed by atoms with E-state index in [4.69, 9.17) is 11.5 Å². The van der Waals surface area contributed by atoms with Crippen LogP contribution in [0.3, 0.4) is 0 Å². The number of rotatable bonds is 15. The van der Waals surface area contributed by atoms with Crippen molar-refractivity contribution in [2.24, 2.45) is 23.3 Å². The molecule has 0 saturated carbocycles. The second kappa shape index (κ2) is 14.0. The molecule has 1 rings (SSSR count). The Morgan fingerprint density at radius 2 is 1.54 bits per heavy atom. The normalized spacial score (nSPS) is 14.6. The first-order valence-electron chi connectivity index (χ1n) is 11.5. The fourth-order valence-electron chi connectivity index (χ4n) is 3.19. The van der Waals surface area contributed by atoms with Gasteiger partial charge in [-0.2, -0.15) is 0 Å². The molecule has 9 N–H and O–H groups in total. The van der Waals surface area contributed by atoms with Gasteiger partial charge in [-0.3, -0.25) is 19.2 Å². The van der Waals surface area contributed by atoms with Gasteiger partial charge < -0.3 is 37.5 Å². The lowest BCUT2D eigenvalue weighted by Crippen LogP contribution is -2.58. The number of nitrogens with zero attached hydrogens (tertiary/aromatic N) is 1. The van der Waals surface area contributed by atoms with Crippen LogP contribution in [0.2, 0.25) is 0 Å². The molecular weight excluding hydrogens is 458 g/mol. The summed E-state index contributed by atoms with van der Waals surface area (Å²) in [6, 6.07) is -4.43. The summed E-state index contributed by atoms with van der Waals surface area (Å²) in [6.07, 6.45) is 2.73. The van der Waals surface area contributed by atoms with Crippen molar-refractivity contribution in [3.63, 3.8) is 0 Å². The number of hydrogen-bond donors (Lipinski definition) is 7. The van der Waals surface area contributed by atoms with E-state index in [0.717, 1.165) is 0 Å². The highest BCUT2D eigenvalue weighted by Gasteiger charge is 2.31. The third-order valence-corrected chi connectivity index (χ3v) is 5.27. The van der Waals surface area contributed by atoms with Crippen molar-refractivity contribution in [2.75, 3.05) is 0 Å². The minimum absolute atomic E-state index is 0.00407. The van der Waals surface area contributed by atoms with Crippen LogP contribution in [-0.4, -0.2) is 68.8 Å². The average Bonchev–Trinajstić information content (AvgIpc) is 3.27. The van der Waals surface area contributed by atoms with Crippen LogP contribution < -0.4 is 27.4 Å². The average molecular weight is 496 g/mol. The standard InChI is InChI=1S/C22H37N7O6/c1-11(2)7-16(22(34)35)29-20(32)15(8-13-9-25-10-26-13)28-19(31)14(5-6-17(23)30)27-21(33)18(24)12(3)4/h9-12,14-16,18H,5-8,24H2,1-4H3,(H2,23,30)(H,25,26)(H,27,33)(H,28,31)(H,29,32)(H,34,35). The van der Waals surface area contributed by atoms with Crippen LogP contribution >= 0.6 is 0 Å². The molecule has 4 unspecified atom stereocenters. The van der Waals surface area contributed by atoms with Gasteiger partial charge in [-0.15, -0.1) is 0 Å². The highest BCUT2D eigenvalue weighted by atomic mass is 16.4. The molecule has 0 fully saturated rings. The predicted molar refractivity (Wildman–Crippen MR) is 126 cm³/mol. The zero-order chi connectivity index (χ0) is 26.7. The molecule has 0 radical (unpaired) electrons. The monoisotopic (exact) mass is 495 g/mol. The highest BCUT2D eigenvalue weighted by Crippen LogP contribution is 2.08. The van der Waals surface area contributed by atoms with Gasteiger partial charge in [-0.05, 0) is 24.7 Å². The van der Waals surface area contributed by atoms with E-state index in [1.54, 1.807) is 13.8 Å². The number of amides is 4. The maximum Gasteiger partial charge on any atom is 0.326 e. The number of imidazole rings is 1. The summed E-state index contributed by atoms with van der Waals surface area (Å²) < 4.78 is 0. The SMILES string of the molecule is CC(C)CC(NC(=O)C(Cc1cnc[nH]1)NC(=O)C(CCC(N)=O)NC(=O)C(N)C(C)C)C(=O)O. The van der Waals surface area contributed by atoms with Gasteiger partial charge in [0.2, 0.25) is 23.6 Å². The van der Waals surface area contributed by atoms with Gasteiger partial charge >= 0.3 is 5.97 Å². The molecule has 1 aromatic rings. The van der Waals surface area contributed by atoms with Crippen LogP contribution in [0.25, 0.3) is 0 Å². The molecule has 0 spiro atoms. The van der Waals surface area contributed by atoms with Gasteiger partial charge in [0.25, 0.3) is 0 Å². The van der Waals surface area contributed by atoms with Crippen LogP contribution in [0.1, 0.15) is 52.7 Å². The van der Waals surface area contributed by atoms with Gasteiger partial charge in [0.1, 0.15) is 18.1 Å². The minimum Gasteiger partial charge on any atom is -0.480 e. The van der Waals surface area contributed by atoms with Crippen LogP contribution in [-0.2, 0) is 30.4 Å². The van der Waals surface area contributed by atoms with Crippen LogP contribution in [0.4, 0.5) is 0 Å². The fraction of sp³-hybridized carbons (Fsp3) is 0.636. The molecule has 0 aliphatic heterocycles. The minimum atomic E-state index is -1.20. The van der Waals surface area contributed by atoms with E-state index in [2.05, 4.69) is 25.9 Å². The maximum absolute atomic E-state index is 13.1. The van der Waals surface area contributed by atoms with E-state index < -0.39 is 53.8 Å². The van der Waals surface area contributed by atoms with Crippen LogP contribution in [0.15, 0.2) is 12.5 Å². The zero-order valence-corrected chi connectivity index (χ0v) is 20.5.